The Bertz CT molecular complexity index is 1040. The number of nitrogens with zero attached hydrogens (tertiary/aromatic N) is 2. The van der Waals surface area contributed by atoms with Crippen molar-refractivity contribution in [2.45, 2.75) is 25.1 Å². The number of benzene rings is 2. The van der Waals surface area contributed by atoms with Crippen LogP contribution in [-0.4, -0.2) is 35.1 Å². The summed E-state index contributed by atoms with van der Waals surface area (Å²) in [6.45, 7) is 0.882. The maximum Gasteiger partial charge on any atom is 0.416 e. The third kappa shape index (κ3) is 4.64. The summed E-state index contributed by atoms with van der Waals surface area (Å²) in [4.78, 5) is 18.3. The lowest BCUT2D eigenvalue weighted by Crippen LogP contribution is -2.43. The number of carbonyl (C=O) groups is 1. The molecule has 2 amide bonds. The normalized spacial score (nSPS) is 15.4. The summed E-state index contributed by atoms with van der Waals surface area (Å²) in [6.07, 6.45) is -3.36. The third-order valence-electron chi connectivity index (χ3n) is 4.79. The fourth-order valence-electron chi connectivity index (χ4n) is 3.19. The maximum absolute atomic E-state index is 13.3. The summed E-state index contributed by atoms with van der Waals surface area (Å²) in [5.74, 6) is -0.329. The van der Waals surface area contributed by atoms with Crippen molar-refractivity contribution in [1.82, 2.24) is 9.88 Å². The molecule has 0 spiro atoms. The largest absolute Gasteiger partial charge is 0.467 e. The minimum atomic E-state index is -4.41. The number of likely N-dealkylation sites (tertiary alicyclic amines) is 1. The molecule has 0 unspecified atom stereocenters. The van der Waals surface area contributed by atoms with Gasteiger partial charge in [0.25, 0.3) is 5.19 Å². The van der Waals surface area contributed by atoms with E-state index in [9.17, 15) is 22.4 Å². The van der Waals surface area contributed by atoms with E-state index in [-0.39, 0.29) is 18.0 Å². The number of piperidine rings is 1. The molecule has 1 fully saturated rings. The summed E-state index contributed by atoms with van der Waals surface area (Å²) in [7, 11) is 0. The standard InChI is InChI=1S/C20H17F4N3O2S/c21-13-3-6-16-17(11-13)30-19(26-16)29-15-7-9-27(10-8-15)18(28)25-14-4-1-12(2-5-14)20(22,23)24/h1-6,11,15H,7-10H2,(H,25,28). The van der Waals surface area contributed by atoms with E-state index in [1.54, 1.807) is 11.0 Å². The van der Waals surface area contributed by atoms with E-state index in [0.29, 0.717) is 47.0 Å². The Morgan fingerprint density at radius 1 is 1.13 bits per heavy atom. The van der Waals surface area contributed by atoms with Crippen LogP contribution in [0.4, 0.5) is 28.0 Å². The SMILES string of the molecule is O=C(Nc1ccc(C(F)(F)F)cc1)N1CCC(Oc2nc3ccc(F)cc3s2)CC1. The fraction of sp³-hybridized carbons (Fsp3) is 0.300. The number of alkyl halides is 3. The molecule has 2 aromatic carbocycles. The van der Waals surface area contributed by atoms with Gasteiger partial charge in [0.2, 0.25) is 0 Å². The minimum Gasteiger partial charge on any atom is -0.467 e. The molecule has 0 aliphatic carbocycles. The van der Waals surface area contributed by atoms with Gasteiger partial charge < -0.3 is 15.0 Å². The van der Waals surface area contributed by atoms with Gasteiger partial charge in [0.15, 0.2) is 0 Å². The molecule has 0 radical (unpaired) electrons. The number of amides is 2. The number of rotatable bonds is 3. The first kappa shape index (κ1) is 20.4. The minimum absolute atomic E-state index is 0.120. The first-order valence-electron chi connectivity index (χ1n) is 9.24. The van der Waals surface area contributed by atoms with Crippen molar-refractivity contribution in [1.29, 1.82) is 0 Å². The molecule has 1 aromatic heterocycles. The number of hydrogen-bond donors (Lipinski definition) is 1. The number of hydrogen-bond acceptors (Lipinski definition) is 4. The molecule has 1 N–H and O–H groups in total. The summed E-state index contributed by atoms with van der Waals surface area (Å²) >= 11 is 1.27. The van der Waals surface area contributed by atoms with Crippen LogP contribution in [0.3, 0.4) is 0 Å². The van der Waals surface area contributed by atoms with Crippen molar-refractivity contribution >= 4 is 33.3 Å². The van der Waals surface area contributed by atoms with Crippen LogP contribution in [0.2, 0.25) is 0 Å². The van der Waals surface area contributed by atoms with E-state index >= 15 is 0 Å². The summed E-state index contributed by atoms with van der Waals surface area (Å²) in [5, 5.41) is 3.07. The van der Waals surface area contributed by atoms with Crippen molar-refractivity contribution in [3.63, 3.8) is 0 Å². The van der Waals surface area contributed by atoms with Gasteiger partial charge in [-0.25, -0.2) is 14.2 Å². The van der Waals surface area contributed by atoms with Gasteiger partial charge in [0, 0.05) is 31.6 Å². The van der Waals surface area contributed by atoms with Crippen LogP contribution >= 0.6 is 11.3 Å². The smallest absolute Gasteiger partial charge is 0.416 e. The second-order valence-corrected chi connectivity index (χ2v) is 7.89. The molecule has 10 heteroatoms. The number of fused-ring (bicyclic) bond motifs is 1. The van der Waals surface area contributed by atoms with Crippen molar-refractivity contribution in [2.75, 3.05) is 18.4 Å². The monoisotopic (exact) mass is 439 g/mol. The zero-order chi connectivity index (χ0) is 21.3. The number of ether oxygens (including phenoxy) is 1. The Balaban J connectivity index is 1.29. The molecule has 0 bridgehead atoms. The van der Waals surface area contributed by atoms with Crippen LogP contribution < -0.4 is 10.1 Å². The zero-order valence-corrected chi connectivity index (χ0v) is 16.4. The van der Waals surface area contributed by atoms with Gasteiger partial charge in [-0.15, -0.1) is 0 Å². The molecule has 1 saturated heterocycles. The molecule has 30 heavy (non-hydrogen) atoms. The lowest BCUT2D eigenvalue weighted by atomic mass is 10.1. The molecular formula is C20H17F4N3O2S. The Kier molecular flexibility index (Phi) is 5.50. The highest BCUT2D eigenvalue weighted by molar-refractivity contribution is 7.20. The van der Waals surface area contributed by atoms with Gasteiger partial charge in [-0.05, 0) is 42.5 Å². The summed E-state index contributed by atoms with van der Waals surface area (Å²) in [5.41, 5.74) is 0.203. The van der Waals surface area contributed by atoms with E-state index in [2.05, 4.69) is 10.3 Å². The number of thiazole rings is 1. The molecule has 2 heterocycles. The average molecular weight is 439 g/mol. The molecule has 1 aliphatic rings. The van der Waals surface area contributed by atoms with Gasteiger partial charge >= 0.3 is 12.2 Å². The molecule has 0 saturated carbocycles. The van der Waals surface area contributed by atoms with Crippen LogP contribution in [0.5, 0.6) is 5.19 Å². The first-order chi connectivity index (χ1) is 14.3. The van der Waals surface area contributed by atoms with E-state index in [1.165, 1.54) is 35.6 Å². The van der Waals surface area contributed by atoms with Gasteiger partial charge in [-0.2, -0.15) is 13.2 Å². The molecule has 3 aromatic rings. The molecule has 0 atom stereocenters. The number of carbonyl (C=O) groups excluding carboxylic acids is 1. The van der Waals surface area contributed by atoms with Crippen LogP contribution in [0.15, 0.2) is 42.5 Å². The van der Waals surface area contributed by atoms with Gasteiger partial charge in [-0.3, -0.25) is 0 Å². The summed E-state index contributed by atoms with van der Waals surface area (Å²) < 4.78 is 57.7. The fourth-order valence-corrected chi connectivity index (χ4v) is 4.10. The Labute approximate surface area is 173 Å². The highest BCUT2D eigenvalue weighted by Crippen LogP contribution is 2.31. The van der Waals surface area contributed by atoms with Crippen LogP contribution in [0.25, 0.3) is 10.2 Å². The van der Waals surface area contributed by atoms with Crippen molar-refractivity contribution in [2.24, 2.45) is 0 Å². The molecule has 1 aliphatic heterocycles. The average Bonchev–Trinajstić information content (AvgIpc) is 3.09. The molecule has 5 nitrogen and oxygen atoms in total. The third-order valence-corrected chi connectivity index (χ3v) is 5.70. The van der Waals surface area contributed by atoms with E-state index in [4.69, 9.17) is 4.74 Å². The van der Waals surface area contributed by atoms with E-state index in [0.717, 1.165) is 12.1 Å². The predicted octanol–water partition coefficient (Wildman–Crippen LogP) is 5.53. The van der Waals surface area contributed by atoms with E-state index < -0.39 is 11.7 Å². The first-order valence-corrected chi connectivity index (χ1v) is 10.1. The molecule has 158 valence electrons. The Hall–Kier alpha value is -2.88. The zero-order valence-electron chi connectivity index (χ0n) is 15.6. The topological polar surface area (TPSA) is 54.5 Å². The highest BCUT2D eigenvalue weighted by atomic mass is 32.1. The number of urea groups is 1. The Morgan fingerprint density at radius 2 is 1.83 bits per heavy atom. The van der Waals surface area contributed by atoms with Crippen LogP contribution in [0, 0.1) is 5.82 Å². The van der Waals surface area contributed by atoms with Gasteiger partial charge in [-0.1, -0.05) is 11.3 Å². The second-order valence-electron chi connectivity index (χ2n) is 6.90. The van der Waals surface area contributed by atoms with Crippen molar-refractivity contribution in [3.05, 3.63) is 53.8 Å². The lowest BCUT2D eigenvalue weighted by Gasteiger charge is -2.31. The molecule has 4 rings (SSSR count). The lowest BCUT2D eigenvalue weighted by molar-refractivity contribution is -0.137. The van der Waals surface area contributed by atoms with Crippen molar-refractivity contribution in [3.8, 4) is 5.19 Å². The molecular weight excluding hydrogens is 422 g/mol. The number of anilines is 1. The van der Waals surface area contributed by atoms with Gasteiger partial charge in [0.05, 0.1) is 15.8 Å². The highest BCUT2D eigenvalue weighted by Gasteiger charge is 2.30. The maximum atomic E-state index is 13.3. The van der Waals surface area contributed by atoms with Gasteiger partial charge in [0.1, 0.15) is 11.9 Å². The quantitative estimate of drug-likeness (QED) is 0.546. The van der Waals surface area contributed by atoms with E-state index in [1.807, 2.05) is 0 Å². The Morgan fingerprint density at radius 3 is 2.50 bits per heavy atom. The van der Waals surface area contributed by atoms with Crippen molar-refractivity contribution < 1.29 is 27.1 Å². The summed E-state index contributed by atoms with van der Waals surface area (Å²) in [6, 6.07) is 8.30. The number of nitrogens with one attached hydrogen (secondary N) is 1. The number of aromatic nitrogens is 1. The number of halogens is 4. The van der Waals surface area contributed by atoms with Crippen LogP contribution in [0.1, 0.15) is 18.4 Å². The predicted molar refractivity (Wildman–Crippen MR) is 105 cm³/mol. The second kappa shape index (κ2) is 8.10. The van der Waals surface area contributed by atoms with Crippen LogP contribution in [-0.2, 0) is 6.18 Å².